The number of oxazole rings is 1. The van der Waals surface area contributed by atoms with Crippen molar-refractivity contribution < 1.29 is 14.3 Å². The number of carbonyl (C=O) groups excluding carboxylic acids is 1. The van der Waals surface area contributed by atoms with Crippen LogP contribution >= 0.6 is 11.3 Å². The van der Waals surface area contributed by atoms with E-state index >= 15 is 0 Å². The summed E-state index contributed by atoms with van der Waals surface area (Å²) in [5.74, 6) is 1.44. The van der Waals surface area contributed by atoms with Gasteiger partial charge in [-0.25, -0.2) is 4.98 Å². The standard InChI is InChI=1S/C16H22N2O3S/c1-10(2)6-13(19)8-17-15(20)7-14-11(3)21-16(18-14)12-4-5-22-9-12/h4-5,9-10,13,19H,6-8H2,1-3H3,(H,17,20). The van der Waals surface area contributed by atoms with Crippen molar-refractivity contribution in [2.75, 3.05) is 6.54 Å². The van der Waals surface area contributed by atoms with E-state index in [1.165, 1.54) is 0 Å². The highest BCUT2D eigenvalue weighted by atomic mass is 32.1. The molecule has 0 spiro atoms. The van der Waals surface area contributed by atoms with E-state index in [9.17, 15) is 9.90 Å². The van der Waals surface area contributed by atoms with Gasteiger partial charge in [0.1, 0.15) is 5.76 Å². The highest BCUT2D eigenvalue weighted by molar-refractivity contribution is 7.08. The lowest BCUT2D eigenvalue weighted by Gasteiger charge is -2.13. The molecule has 2 rings (SSSR count). The molecule has 1 unspecified atom stereocenters. The van der Waals surface area contributed by atoms with Gasteiger partial charge in [-0.15, -0.1) is 0 Å². The predicted octanol–water partition coefficient (Wildman–Crippen LogP) is 2.78. The number of aryl methyl sites for hydroxylation is 1. The zero-order valence-electron chi connectivity index (χ0n) is 13.1. The van der Waals surface area contributed by atoms with Gasteiger partial charge >= 0.3 is 0 Å². The minimum absolute atomic E-state index is 0.156. The summed E-state index contributed by atoms with van der Waals surface area (Å²) >= 11 is 1.57. The van der Waals surface area contributed by atoms with Gasteiger partial charge in [-0.05, 0) is 30.7 Å². The molecule has 0 bridgehead atoms. The second kappa shape index (κ2) is 7.56. The number of aliphatic hydroxyl groups is 1. The Kier molecular flexibility index (Phi) is 5.74. The van der Waals surface area contributed by atoms with Gasteiger partial charge in [0.2, 0.25) is 11.8 Å². The molecule has 0 aliphatic heterocycles. The molecule has 0 aliphatic rings. The van der Waals surface area contributed by atoms with E-state index in [1.807, 2.05) is 30.7 Å². The number of amides is 1. The average Bonchev–Trinajstić information content (AvgIpc) is 3.06. The largest absolute Gasteiger partial charge is 0.441 e. The molecule has 5 nitrogen and oxygen atoms in total. The van der Waals surface area contributed by atoms with Crippen molar-refractivity contribution in [3.05, 3.63) is 28.3 Å². The highest BCUT2D eigenvalue weighted by Crippen LogP contribution is 2.23. The Morgan fingerprint density at radius 2 is 2.27 bits per heavy atom. The molecule has 22 heavy (non-hydrogen) atoms. The van der Waals surface area contributed by atoms with Gasteiger partial charge < -0.3 is 14.8 Å². The van der Waals surface area contributed by atoms with Crippen molar-refractivity contribution >= 4 is 17.2 Å². The van der Waals surface area contributed by atoms with E-state index < -0.39 is 6.10 Å². The normalized spacial score (nSPS) is 12.6. The number of aromatic nitrogens is 1. The van der Waals surface area contributed by atoms with Crippen LogP contribution in [0.2, 0.25) is 0 Å². The number of carbonyl (C=O) groups is 1. The third kappa shape index (κ3) is 4.68. The first-order valence-electron chi connectivity index (χ1n) is 7.39. The lowest BCUT2D eigenvalue weighted by molar-refractivity contribution is -0.121. The van der Waals surface area contributed by atoms with Gasteiger partial charge in [0, 0.05) is 17.5 Å². The molecule has 2 N–H and O–H groups in total. The number of thiophene rings is 1. The van der Waals surface area contributed by atoms with E-state index in [0.29, 0.717) is 29.7 Å². The van der Waals surface area contributed by atoms with Crippen molar-refractivity contribution in [3.8, 4) is 11.5 Å². The Bertz CT molecular complexity index is 605. The number of hydrogen-bond acceptors (Lipinski definition) is 5. The Labute approximate surface area is 134 Å². The third-order valence-electron chi connectivity index (χ3n) is 3.27. The lowest BCUT2D eigenvalue weighted by atomic mass is 10.1. The van der Waals surface area contributed by atoms with Crippen molar-refractivity contribution in [2.24, 2.45) is 5.92 Å². The van der Waals surface area contributed by atoms with Crippen LogP contribution < -0.4 is 5.32 Å². The van der Waals surface area contributed by atoms with Crippen molar-refractivity contribution in [2.45, 2.75) is 39.7 Å². The molecular formula is C16H22N2O3S. The lowest BCUT2D eigenvalue weighted by Crippen LogP contribution is -2.33. The molecule has 2 aromatic heterocycles. The maximum absolute atomic E-state index is 11.9. The monoisotopic (exact) mass is 322 g/mol. The predicted molar refractivity (Wildman–Crippen MR) is 86.7 cm³/mol. The zero-order chi connectivity index (χ0) is 16.1. The van der Waals surface area contributed by atoms with Crippen LogP contribution in [0, 0.1) is 12.8 Å². The Hall–Kier alpha value is -1.66. The minimum atomic E-state index is -0.510. The average molecular weight is 322 g/mol. The number of aliphatic hydroxyl groups excluding tert-OH is 1. The van der Waals surface area contributed by atoms with Gasteiger partial charge in [-0.2, -0.15) is 11.3 Å². The molecule has 6 heteroatoms. The first kappa shape index (κ1) is 16.7. The number of rotatable bonds is 7. The molecule has 0 aliphatic carbocycles. The van der Waals surface area contributed by atoms with Gasteiger partial charge in [-0.1, -0.05) is 13.8 Å². The minimum Gasteiger partial charge on any atom is -0.441 e. The summed E-state index contributed by atoms with van der Waals surface area (Å²) in [6, 6.07) is 1.93. The van der Waals surface area contributed by atoms with E-state index in [2.05, 4.69) is 10.3 Å². The van der Waals surface area contributed by atoms with Crippen LogP contribution in [-0.4, -0.2) is 28.6 Å². The molecule has 120 valence electrons. The van der Waals surface area contributed by atoms with Crippen LogP contribution in [-0.2, 0) is 11.2 Å². The van der Waals surface area contributed by atoms with E-state index in [-0.39, 0.29) is 18.9 Å². The molecule has 0 saturated carbocycles. The molecule has 0 aromatic carbocycles. The fourth-order valence-corrected chi connectivity index (χ4v) is 2.81. The SMILES string of the molecule is Cc1oc(-c2ccsc2)nc1CC(=O)NCC(O)CC(C)C. The summed E-state index contributed by atoms with van der Waals surface area (Å²) in [5, 5.41) is 16.4. The second-order valence-electron chi connectivity index (χ2n) is 5.80. The van der Waals surface area contributed by atoms with Crippen LogP contribution in [0.1, 0.15) is 31.7 Å². The maximum atomic E-state index is 11.9. The van der Waals surface area contributed by atoms with Crippen LogP contribution in [0.5, 0.6) is 0 Å². The molecule has 0 fully saturated rings. The van der Waals surface area contributed by atoms with Crippen molar-refractivity contribution in [3.63, 3.8) is 0 Å². The summed E-state index contributed by atoms with van der Waals surface area (Å²) in [5.41, 5.74) is 1.56. The van der Waals surface area contributed by atoms with Crippen LogP contribution in [0.4, 0.5) is 0 Å². The summed E-state index contributed by atoms with van der Waals surface area (Å²) < 4.78 is 5.60. The molecule has 1 amide bonds. The quantitative estimate of drug-likeness (QED) is 0.822. The molecular weight excluding hydrogens is 300 g/mol. The summed E-state index contributed by atoms with van der Waals surface area (Å²) in [6.07, 6.45) is 0.322. The number of nitrogens with one attached hydrogen (secondary N) is 1. The van der Waals surface area contributed by atoms with E-state index in [1.54, 1.807) is 18.3 Å². The van der Waals surface area contributed by atoms with Gasteiger partial charge in [-0.3, -0.25) is 4.79 Å². The molecule has 2 aromatic rings. The fraction of sp³-hybridized carbons (Fsp3) is 0.500. The van der Waals surface area contributed by atoms with E-state index in [0.717, 1.165) is 5.56 Å². The van der Waals surface area contributed by atoms with Gasteiger partial charge in [0.25, 0.3) is 0 Å². The van der Waals surface area contributed by atoms with Crippen LogP contribution in [0.15, 0.2) is 21.2 Å². The second-order valence-corrected chi connectivity index (χ2v) is 6.58. The summed E-state index contributed by atoms with van der Waals surface area (Å²) in [6.45, 7) is 6.15. The van der Waals surface area contributed by atoms with Crippen LogP contribution in [0.25, 0.3) is 11.5 Å². The smallest absolute Gasteiger partial charge is 0.227 e. The van der Waals surface area contributed by atoms with Gasteiger partial charge in [0.15, 0.2) is 0 Å². The molecule has 0 saturated heterocycles. The van der Waals surface area contributed by atoms with Gasteiger partial charge in [0.05, 0.1) is 18.2 Å². The first-order valence-corrected chi connectivity index (χ1v) is 8.33. The summed E-state index contributed by atoms with van der Waals surface area (Å²) in [7, 11) is 0. The number of nitrogens with zero attached hydrogens (tertiary/aromatic N) is 1. The Balaban J connectivity index is 1.89. The third-order valence-corrected chi connectivity index (χ3v) is 3.95. The Morgan fingerprint density at radius 1 is 1.50 bits per heavy atom. The molecule has 1 atom stereocenters. The van der Waals surface area contributed by atoms with E-state index in [4.69, 9.17) is 4.42 Å². The first-order chi connectivity index (χ1) is 10.5. The van der Waals surface area contributed by atoms with Crippen molar-refractivity contribution in [1.29, 1.82) is 0 Å². The maximum Gasteiger partial charge on any atom is 0.227 e. The zero-order valence-corrected chi connectivity index (χ0v) is 13.9. The van der Waals surface area contributed by atoms with Crippen molar-refractivity contribution in [1.82, 2.24) is 10.3 Å². The Morgan fingerprint density at radius 3 is 2.91 bits per heavy atom. The van der Waals surface area contributed by atoms with Crippen LogP contribution in [0.3, 0.4) is 0 Å². The fourth-order valence-electron chi connectivity index (χ4n) is 2.18. The molecule has 0 radical (unpaired) electrons. The molecule has 2 heterocycles. The highest BCUT2D eigenvalue weighted by Gasteiger charge is 2.15. The summed E-state index contributed by atoms with van der Waals surface area (Å²) in [4.78, 5) is 16.3. The topological polar surface area (TPSA) is 75.4 Å². The number of hydrogen-bond donors (Lipinski definition) is 2.